The van der Waals surface area contributed by atoms with Gasteiger partial charge in [-0.3, -0.25) is 19.2 Å². The van der Waals surface area contributed by atoms with Crippen molar-refractivity contribution < 1.29 is 33.4 Å². The van der Waals surface area contributed by atoms with E-state index in [0.717, 1.165) is 0 Å². The van der Waals surface area contributed by atoms with Crippen LogP contribution in [0.2, 0.25) is 0 Å². The van der Waals surface area contributed by atoms with Crippen LogP contribution in [-0.2, 0) is 19.1 Å². The zero-order valence-electron chi connectivity index (χ0n) is 16.7. The minimum Gasteiger partial charge on any atom is -0.465 e. The first-order chi connectivity index (χ1) is 13.5. The van der Waals surface area contributed by atoms with E-state index in [-0.39, 0.29) is 17.7 Å². The van der Waals surface area contributed by atoms with E-state index in [0.29, 0.717) is 10.0 Å². The number of esters is 2. The molecule has 0 bridgehead atoms. The maximum atomic E-state index is 12.7. The Morgan fingerprint density at radius 1 is 1.03 bits per heavy atom. The van der Waals surface area contributed by atoms with Crippen molar-refractivity contribution in [2.24, 2.45) is 0 Å². The van der Waals surface area contributed by atoms with Crippen molar-refractivity contribution in [2.45, 2.75) is 33.3 Å². The predicted octanol–water partition coefficient (Wildman–Crippen LogP) is 1.11. The Labute approximate surface area is 167 Å². The van der Waals surface area contributed by atoms with Crippen LogP contribution in [0.15, 0.2) is 24.3 Å². The van der Waals surface area contributed by atoms with E-state index in [1.165, 1.54) is 12.1 Å². The van der Waals surface area contributed by atoms with Gasteiger partial charge in [-0.05, 0) is 39.8 Å². The average Bonchev–Trinajstić information content (AvgIpc) is 2.88. The van der Waals surface area contributed by atoms with Gasteiger partial charge in [0.05, 0.1) is 17.7 Å². The smallest absolute Gasteiger partial charge is 0.337 e. The van der Waals surface area contributed by atoms with E-state index < -0.39 is 48.5 Å². The molecular weight excluding hydrogens is 382 g/mol. The van der Waals surface area contributed by atoms with Gasteiger partial charge in [0.15, 0.2) is 0 Å². The number of ether oxygens (including phenoxy) is 2. The Kier molecular flexibility index (Phi) is 6.57. The fraction of sp³-hybridized carbons (Fsp3) is 0.421. The number of amides is 4. The Bertz CT molecular complexity index is 809. The molecule has 10 heteroatoms. The molecule has 0 aliphatic carbocycles. The number of nitrogens with one attached hydrogen (secondary N) is 1. The number of carbonyl (C=O) groups excluding carboxylic acids is 5. The summed E-state index contributed by atoms with van der Waals surface area (Å²) in [5.74, 6) is -3.07. The quantitative estimate of drug-likeness (QED) is 0.556. The molecule has 2 rings (SSSR count). The SMILES string of the molecule is CCOC(=O)CNC(=O)N(CC(=O)OC(C)(C)C)N1C(=O)c2ccccc2C1=O. The minimum absolute atomic E-state index is 0.102. The fourth-order valence-electron chi connectivity index (χ4n) is 2.58. The number of carbonyl (C=O) groups is 5. The molecule has 1 heterocycles. The Hall–Kier alpha value is -3.43. The molecule has 1 aromatic carbocycles. The van der Waals surface area contributed by atoms with Crippen LogP contribution in [0.1, 0.15) is 48.4 Å². The number of hydrogen-bond donors (Lipinski definition) is 1. The molecule has 1 aliphatic heterocycles. The minimum atomic E-state index is -1.00. The largest absolute Gasteiger partial charge is 0.465 e. The van der Waals surface area contributed by atoms with Gasteiger partial charge in [0.1, 0.15) is 18.7 Å². The van der Waals surface area contributed by atoms with Gasteiger partial charge in [-0.25, -0.2) is 9.80 Å². The zero-order chi connectivity index (χ0) is 21.8. The summed E-state index contributed by atoms with van der Waals surface area (Å²) in [6.07, 6.45) is 0. The van der Waals surface area contributed by atoms with Crippen molar-refractivity contribution in [3.05, 3.63) is 35.4 Å². The second kappa shape index (κ2) is 8.72. The molecule has 0 unspecified atom stereocenters. The summed E-state index contributed by atoms with van der Waals surface area (Å²) in [6.45, 7) is 5.42. The molecule has 1 N–H and O–H groups in total. The predicted molar refractivity (Wildman–Crippen MR) is 99.5 cm³/mol. The molecule has 1 aromatic rings. The fourth-order valence-corrected chi connectivity index (χ4v) is 2.58. The molecule has 0 saturated carbocycles. The summed E-state index contributed by atoms with van der Waals surface area (Å²) in [6, 6.07) is 5.03. The number of hydrazine groups is 1. The van der Waals surface area contributed by atoms with Gasteiger partial charge in [0.25, 0.3) is 11.8 Å². The van der Waals surface area contributed by atoms with Gasteiger partial charge in [-0.1, -0.05) is 12.1 Å². The Morgan fingerprint density at radius 3 is 2.07 bits per heavy atom. The van der Waals surface area contributed by atoms with E-state index in [1.54, 1.807) is 39.8 Å². The van der Waals surface area contributed by atoms with Crippen molar-refractivity contribution in [3.63, 3.8) is 0 Å². The van der Waals surface area contributed by atoms with Crippen LogP contribution in [0.3, 0.4) is 0 Å². The lowest BCUT2D eigenvalue weighted by Gasteiger charge is -2.30. The van der Waals surface area contributed by atoms with Crippen molar-refractivity contribution in [1.82, 2.24) is 15.3 Å². The highest BCUT2D eigenvalue weighted by Crippen LogP contribution is 2.24. The summed E-state index contributed by atoms with van der Waals surface area (Å²) in [4.78, 5) is 61.8. The molecule has 4 amide bonds. The van der Waals surface area contributed by atoms with E-state index in [2.05, 4.69) is 5.32 Å². The lowest BCUT2D eigenvalue weighted by Crippen LogP contribution is -2.56. The highest BCUT2D eigenvalue weighted by Gasteiger charge is 2.42. The third kappa shape index (κ3) is 5.31. The topological polar surface area (TPSA) is 122 Å². The molecule has 10 nitrogen and oxygen atoms in total. The van der Waals surface area contributed by atoms with Crippen LogP contribution in [0, 0.1) is 0 Å². The van der Waals surface area contributed by atoms with Crippen molar-refractivity contribution in [3.8, 4) is 0 Å². The van der Waals surface area contributed by atoms with Crippen molar-refractivity contribution in [2.75, 3.05) is 19.7 Å². The number of nitrogens with zero attached hydrogens (tertiary/aromatic N) is 2. The molecule has 0 fully saturated rings. The van der Waals surface area contributed by atoms with Crippen LogP contribution in [0.4, 0.5) is 4.79 Å². The normalized spacial score (nSPS) is 13.0. The summed E-state index contributed by atoms with van der Waals surface area (Å²) >= 11 is 0. The van der Waals surface area contributed by atoms with E-state index in [4.69, 9.17) is 9.47 Å². The standard InChI is InChI=1S/C19H23N3O7/c1-5-28-14(23)10-20-18(27)21(11-15(24)29-19(2,3)4)22-16(25)12-8-6-7-9-13(12)17(22)26/h6-9H,5,10-11H2,1-4H3,(H,20,27). The number of hydrogen-bond acceptors (Lipinski definition) is 7. The molecule has 0 radical (unpaired) electrons. The lowest BCUT2D eigenvalue weighted by molar-refractivity contribution is -0.157. The highest BCUT2D eigenvalue weighted by molar-refractivity contribution is 6.21. The number of imide groups is 1. The van der Waals surface area contributed by atoms with Crippen molar-refractivity contribution in [1.29, 1.82) is 0 Å². The third-order valence-corrected chi connectivity index (χ3v) is 3.64. The maximum Gasteiger partial charge on any atom is 0.337 e. The summed E-state index contributed by atoms with van der Waals surface area (Å²) in [7, 11) is 0. The first kappa shape index (κ1) is 21.9. The molecule has 29 heavy (non-hydrogen) atoms. The van der Waals surface area contributed by atoms with E-state index in [1.807, 2.05) is 0 Å². The first-order valence-corrected chi connectivity index (χ1v) is 8.95. The number of benzene rings is 1. The van der Waals surface area contributed by atoms with Crippen LogP contribution in [-0.4, -0.2) is 65.1 Å². The van der Waals surface area contributed by atoms with Gasteiger partial charge in [0.2, 0.25) is 0 Å². The van der Waals surface area contributed by atoms with Crippen LogP contribution in [0.25, 0.3) is 0 Å². The van der Waals surface area contributed by atoms with E-state index in [9.17, 15) is 24.0 Å². The Balaban J connectivity index is 2.26. The van der Waals surface area contributed by atoms with Crippen molar-refractivity contribution >= 4 is 29.8 Å². The molecular formula is C19H23N3O7. The molecule has 156 valence electrons. The van der Waals surface area contributed by atoms with Gasteiger partial charge in [0, 0.05) is 0 Å². The number of urea groups is 1. The summed E-state index contributed by atoms with van der Waals surface area (Å²) < 4.78 is 9.91. The molecule has 0 saturated heterocycles. The van der Waals surface area contributed by atoms with Crippen LogP contribution >= 0.6 is 0 Å². The second-order valence-corrected chi connectivity index (χ2v) is 7.08. The summed E-state index contributed by atoms with van der Waals surface area (Å²) in [5, 5.41) is 3.43. The van der Waals surface area contributed by atoms with Gasteiger partial charge >= 0.3 is 18.0 Å². The average molecular weight is 405 g/mol. The highest BCUT2D eigenvalue weighted by atomic mass is 16.6. The molecule has 0 aromatic heterocycles. The molecule has 0 spiro atoms. The Morgan fingerprint density at radius 2 is 1.59 bits per heavy atom. The third-order valence-electron chi connectivity index (χ3n) is 3.64. The number of fused-ring (bicyclic) bond motifs is 1. The maximum absolute atomic E-state index is 12.7. The zero-order valence-corrected chi connectivity index (χ0v) is 16.7. The molecule has 1 aliphatic rings. The van der Waals surface area contributed by atoms with Crippen LogP contribution in [0.5, 0.6) is 0 Å². The molecule has 0 atom stereocenters. The summed E-state index contributed by atoms with van der Waals surface area (Å²) in [5.41, 5.74) is -0.638. The second-order valence-electron chi connectivity index (χ2n) is 7.08. The van der Waals surface area contributed by atoms with Gasteiger partial charge in [-0.15, -0.1) is 0 Å². The van der Waals surface area contributed by atoms with Crippen LogP contribution < -0.4 is 5.32 Å². The van der Waals surface area contributed by atoms with E-state index >= 15 is 0 Å². The monoisotopic (exact) mass is 405 g/mol. The first-order valence-electron chi connectivity index (χ1n) is 8.95. The van der Waals surface area contributed by atoms with Gasteiger partial charge < -0.3 is 14.8 Å². The van der Waals surface area contributed by atoms with Gasteiger partial charge in [-0.2, -0.15) is 5.01 Å². The number of rotatable bonds is 6. The lowest BCUT2D eigenvalue weighted by atomic mass is 10.1.